The summed E-state index contributed by atoms with van der Waals surface area (Å²) < 4.78 is 54.4. The Balaban J connectivity index is 2.14. The highest BCUT2D eigenvalue weighted by molar-refractivity contribution is 6.33. The standard InChI is InChI=1S/C15H10ClF4NO2/c16-10-5-3-6-11(17)13(10)14(22)21-8-9-4-1-2-7-12(9)23-15(18,19)20/h1-7H,8H2,(H,21,22). The minimum Gasteiger partial charge on any atom is -0.405 e. The maximum absolute atomic E-state index is 13.6. The minimum absolute atomic E-state index is 0.0886. The summed E-state index contributed by atoms with van der Waals surface area (Å²) in [7, 11) is 0. The Morgan fingerprint density at radius 1 is 1.13 bits per heavy atom. The lowest BCUT2D eigenvalue weighted by Gasteiger charge is -2.14. The number of nitrogens with one attached hydrogen (secondary N) is 1. The highest BCUT2D eigenvalue weighted by Crippen LogP contribution is 2.26. The molecular weight excluding hydrogens is 338 g/mol. The Morgan fingerprint density at radius 3 is 2.48 bits per heavy atom. The van der Waals surface area contributed by atoms with Crippen LogP contribution in [0.3, 0.4) is 0 Å². The normalized spacial score (nSPS) is 11.2. The largest absolute Gasteiger partial charge is 0.573 e. The summed E-state index contributed by atoms with van der Waals surface area (Å²) in [6.45, 7) is -0.282. The summed E-state index contributed by atoms with van der Waals surface area (Å²) >= 11 is 5.75. The molecule has 0 atom stereocenters. The van der Waals surface area contributed by atoms with E-state index in [1.807, 2.05) is 0 Å². The van der Waals surface area contributed by atoms with Gasteiger partial charge in [0.05, 0.1) is 10.6 Å². The van der Waals surface area contributed by atoms with Gasteiger partial charge in [-0.1, -0.05) is 35.9 Å². The smallest absolute Gasteiger partial charge is 0.405 e. The zero-order valence-corrected chi connectivity index (χ0v) is 12.2. The van der Waals surface area contributed by atoms with Crippen LogP contribution in [0.4, 0.5) is 17.6 Å². The first kappa shape index (κ1) is 17.1. The number of ether oxygens (including phenoxy) is 1. The fraction of sp³-hybridized carbons (Fsp3) is 0.133. The monoisotopic (exact) mass is 347 g/mol. The molecule has 0 spiro atoms. The molecule has 0 radical (unpaired) electrons. The second-order valence-electron chi connectivity index (χ2n) is 4.43. The Bertz CT molecular complexity index is 699. The van der Waals surface area contributed by atoms with Gasteiger partial charge in [0.2, 0.25) is 0 Å². The van der Waals surface area contributed by atoms with Crippen molar-refractivity contribution in [2.75, 3.05) is 0 Å². The predicted molar refractivity (Wildman–Crippen MR) is 75.7 cm³/mol. The molecule has 0 unspecified atom stereocenters. The average Bonchev–Trinajstić information content (AvgIpc) is 2.44. The van der Waals surface area contributed by atoms with E-state index < -0.39 is 23.8 Å². The maximum Gasteiger partial charge on any atom is 0.573 e. The van der Waals surface area contributed by atoms with Crippen LogP contribution in [-0.4, -0.2) is 12.3 Å². The molecular formula is C15H10ClF4NO2. The Hall–Kier alpha value is -2.28. The second-order valence-corrected chi connectivity index (χ2v) is 4.84. The topological polar surface area (TPSA) is 38.3 Å². The number of hydrogen-bond acceptors (Lipinski definition) is 2. The first-order valence-electron chi connectivity index (χ1n) is 6.34. The molecule has 23 heavy (non-hydrogen) atoms. The molecule has 0 aliphatic carbocycles. The van der Waals surface area contributed by atoms with Gasteiger partial charge in [-0.05, 0) is 18.2 Å². The molecule has 0 heterocycles. The van der Waals surface area contributed by atoms with Crippen molar-refractivity contribution < 1.29 is 27.1 Å². The molecule has 0 saturated carbocycles. The predicted octanol–water partition coefficient (Wildman–Crippen LogP) is 4.31. The molecule has 3 nitrogen and oxygen atoms in total. The van der Waals surface area contributed by atoms with Crippen LogP contribution in [0.25, 0.3) is 0 Å². The third-order valence-corrected chi connectivity index (χ3v) is 3.14. The van der Waals surface area contributed by atoms with Crippen LogP contribution in [0.15, 0.2) is 42.5 Å². The second kappa shape index (κ2) is 6.87. The summed E-state index contributed by atoms with van der Waals surface area (Å²) in [4.78, 5) is 12.0. The number of hydrogen-bond donors (Lipinski definition) is 1. The van der Waals surface area contributed by atoms with E-state index in [0.717, 1.165) is 12.1 Å². The van der Waals surface area contributed by atoms with Gasteiger partial charge < -0.3 is 10.1 Å². The van der Waals surface area contributed by atoms with E-state index >= 15 is 0 Å². The highest BCUT2D eigenvalue weighted by atomic mass is 35.5. The highest BCUT2D eigenvalue weighted by Gasteiger charge is 2.32. The fourth-order valence-electron chi connectivity index (χ4n) is 1.85. The van der Waals surface area contributed by atoms with Crippen molar-refractivity contribution in [2.24, 2.45) is 0 Å². The van der Waals surface area contributed by atoms with E-state index in [2.05, 4.69) is 10.1 Å². The molecule has 0 aliphatic rings. The summed E-state index contributed by atoms with van der Waals surface area (Å²) in [6, 6.07) is 9.04. The van der Waals surface area contributed by atoms with Crippen molar-refractivity contribution in [1.29, 1.82) is 0 Å². The number of alkyl halides is 3. The molecule has 0 fully saturated rings. The molecule has 2 aromatic carbocycles. The Morgan fingerprint density at radius 2 is 1.83 bits per heavy atom. The molecule has 2 aromatic rings. The molecule has 0 aliphatic heterocycles. The molecule has 122 valence electrons. The minimum atomic E-state index is -4.85. The zero-order chi connectivity index (χ0) is 17.0. The number of amides is 1. The number of para-hydroxylation sites is 1. The van der Waals surface area contributed by atoms with Gasteiger partial charge in [-0.15, -0.1) is 13.2 Å². The summed E-state index contributed by atoms with van der Waals surface area (Å²) in [5.74, 6) is -2.11. The number of halogens is 5. The van der Waals surface area contributed by atoms with Crippen molar-refractivity contribution in [3.63, 3.8) is 0 Å². The zero-order valence-electron chi connectivity index (χ0n) is 11.5. The van der Waals surface area contributed by atoms with Crippen LogP contribution in [0, 0.1) is 5.82 Å². The summed E-state index contributed by atoms with van der Waals surface area (Å²) in [5.41, 5.74) is -0.283. The SMILES string of the molecule is O=C(NCc1ccccc1OC(F)(F)F)c1c(F)cccc1Cl. The van der Waals surface area contributed by atoms with E-state index in [9.17, 15) is 22.4 Å². The van der Waals surface area contributed by atoms with Gasteiger partial charge in [-0.3, -0.25) is 4.79 Å². The number of carbonyl (C=O) groups excluding carboxylic acids is 1. The number of rotatable bonds is 4. The molecule has 2 rings (SSSR count). The van der Waals surface area contributed by atoms with Gasteiger partial charge in [0, 0.05) is 12.1 Å². The molecule has 0 aromatic heterocycles. The quantitative estimate of drug-likeness (QED) is 0.837. The number of benzene rings is 2. The molecule has 8 heteroatoms. The Labute approximate surface area is 133 Å². The van der Waals surface area contributed by atoms with Crippen LogP contribution in [-0.2, 0) is 6.54 Å². The Kier molecular flexibility index (Phi) is 5.10. The van der Waals surface area contributed by atoms with Crippen LogP contribution in [0.1, 0.15) is 15.9 Å². The van der Waals surface area contributed by atoms with E-state index in [4.69, 9.17) is 11.6 Å². The molecule has 0 bridgehead atoms. The van der Waals surface area contributed by atoms with Crippen molar-refractivity contribution in [3.8, 4) is 5.75 Å². The summed E-state index contributed by atoms with van der Waals surface area (Å²) in [6.07, 6.45) is -4.85. The first-order chi connectivity index (χ1) is 10.8. The van der Waals surface area contributed by atoms with E-state index in [1.165, 1.54) is 30.3 Å². The first-order valence-corrected chi connectivity index (χ1v) is 6.71. The lowest BCUT2D eigenvalue weighted by atomic mass is 10.1. The molecule has 0 saturated heterocycles. The van der Waals surface area contributed by atoms with E-state index in [-0.39, 0.29) is 22.7 Å². The van der Waals surface area contributed by atoms with Gasteiger partial charge >= 0.3 is 6.36 Å². The third kappa shape index (κ3) is 4.59. The lowest BCUT2D eigenvalue weighted by Crippen LogP contribution is -2.25. The average molecular weight is 348 g/mol. The maximum atomic E-state index is 13.6. The van der Waals surface area contributed by atoms with Crippen molar-refractivity contribution in [3.05, 3.63) is 64.4 Å². The summed E-state index contributed by atoms with van der Waals surface area (Å²) in [5, 5.41) is 2.22. The van der Waals surface area contributed by atoms with E-state index in [0.29, 0.717) is 0 Å². The number of carbonyl (C=O) groups is 1. The third-order valence-electron chi connectivity index (χ3n) is 2.83. The molecule has 1 N–H and O–H groups in total. The van der Waals surface area contributed by atoms with Crippen LogP contribution >= 0.6 is 11.6 Å². The van der Waals surface area contributed by atoms with Gasteiger partial charge in [0.25, 0.3) is 5.91 Å². The van der Waals surface area contributed by atoms with Crippen molar-refractivity contribution in [1.82, 2.24) is 5.32 Å². The van der Waals surface area contributed by atoms with Crippen LogP contribution in [0.2, 0.25) is 5.02 Å². The fourth-order valence-corrected chi connectivity index (χ4v) is 2.10. The van der Waals surface area contributed by atoms with Gasteiger partial charge in [0.15, 0.2) is 0 Å². The molecule has 1 amide bonds. The van der Waals surface area contributed by atoms with Crippen LogP contribution in [0.5, 0.6) is 5.75 Å². The van der Waals surface area contributed by atoms with Gasteiger partial charge in [-0.25, -0.2) is 4.39 Å². The van der Waals surface area contributed by atoms with E-state index in [1.54, 1.807) is 0 Å². The van der Waals surface area contributed by atoms with Crippen LogP contribution < -0.4 is 10.1 Å². The van der Waals surface area contributed by atoms with Gasteiger partial charge in [0.1, 0.15) is 11.6 Å². The van der Waals surface area contributed by atoms with Crippen molar-refractivity contribution in [2.45, 2.75) is 12.9 Å². The van der Waals surface area contributed by atoms with Crippen molar-refractivity contribution >= 4 is 17.5 Å². The lowest BCUT2D eigenvalue weighted by molar-refractivity contribution is -0.274. The van der Waals surface area contributed by atoms with Gasteiger partial charge in [-0.2, -0.15) is 0 Å².